The van der Waals surface area contributed by atoms with E-state index in [1.165, 1.54) is 6.07 Å². The number of nitrogens with one attached hydrogen (secondary N) is 2. The number of aliphatic imine (C=N–C) groups is 1. The van der Waals surface area contributed by atoms with Crippen molar-refractivity contribution >= 4 is 41.2 Å². The van der Waals surface area contributed by atoms with E-state index in [9.17, 15) is 28.0 Å². The Morgan fingerprint density at radius 2 is 2.21 bits per heavy atom. The van der Waals surface area contributed by atoms with E-state index in [1.807, 2.05) is 0 Å². The molecule has 0 unspecified atom stereocenters. The van der Waals surface area contributed by atoms with Gasteiger partial charge in [-0.15, -0.1) is 11.8 Å². The number of hydrogen-bond donors (Lipinski definition) is 4. The Kier molecular flexibility index (Phi) is 5.72. The lowest BCUT2D eigenvalue weighted by Gasteiger charge is -2.11. The number of hydrogen-bond acceptors (Lipinski definition) is 6. The molecule has 0 spiro atoms. The van der Waals surface area contributed by atoms with E-state index in [2.05, 4.69) is 20.6 Å². The SMILES string of the molecule is CCNC(=O)Nc1cc(C2=N[C@H](C(F)(F)F)CS2)c(B(O)O)cn1. The van der Waals surface area contributed by atoms with Crippen molar-refractivity contribution in [3.05, 3.63) is 17.8 Å². The summed E-state index contributed by atoms with van der Waals surface area (Å²) in [5.41, 5.74) is -0.00549. The fraction of sp³-hybridized carbons (Fsp3) is 0.417. The molecular weight excluding hydrogens is 348 g/mol. The molecule has 0 bridgehead atoms. The van der Waals surface area contributed by atoms with Crippen molar-refractivity contribution in [1.82, 2.24) is 10.3 Å². The Bertz CT molecular complexity index is 657. The van der Waals surface area contributed by atoms with Gasteiger partial charge < -0.3 is 15.4 Å². The van der Waals surface area contributed by atoms with E-state index in [4.69, 9.17) is 0 Å². The summed E-state index contributed by atoms with van der Waals surface area (Å²) < 4.78 is 38.2. The van der Waals surface area contributed by atoms with Crippen molar-refractivity contribution in [2.45, 2.75) is 19.1 Å². The number of alkyl halides is 3. The monoisotopic (exact) mass is 362 g/mol. The third-order valence-electron chi connectivity index (χ3n) is 3.05. The first-order valence-electron chi connectivity index (χ1n) is 6.91. The molecule has 0 fully saturated rings. The summed E-state index contributed by atoms with van der Waals surface area (Å²) in [6.45, 7) is 2.09. The van der Waals surface area contributed by atoms with Crippen LogP contribution in [0.1, 0.15) is 12.5 Å². The summed E-state index contributed by atoms with van der Waals surface area (Å²) in [7, 11) is -1.93. The number of anilines is 1. The van der Waals surface area contributed by atoms with Crippen LogP contribution in [0.15, 0.2) is 17.3 Å². The van der Waals surface area contributed by atoms with E-state index >= 15 is 0 Å². The number of urea groups is 1. The molecule has 130 valence electrons. The molecule has 1 aromatic heterocycles. The molecule has 4 N–H and O–H groups in total. The van der Waals surface area contributed by atoms with Gasteiger partial charge in [0, 0.05) is 29.5 Å². The van der Waals surface area contributed by atoms with E-state index in [1.54, 1.807) is 6.92 Å². The Labute approximate surface area is 139 Å². The molecule has 12 heteroatoms. The molecule has 0 aromatic carbocycles. The van der Waals surface area contributed by atoms with Crippen LogP contribution in [0.2, 0.25) is 0 Å². The van der Waals surface area contributed by atoms with Gasteiger partial charge >= 0.3 is 19.3 Å². The molecule has 2 heterocycles. The Morgan fingerprint density at radius 1 is 1.50 bits per heavy atom. The first-order chi connectivity index (χ1) is 11.2. The second-order valence-electron chi connectivity index (χ2n) is 4.82. The lowest BCUT2D eigenvalue weighted by atomic mass is 9.78. The summed E-state index contributed by atoms with van der Waals surface area (Å²) in [4.78, 5) is 19.0. The number of carbonyl (C=O) groups excluding carboxylic acids is 1. The number of carbonyl (C=O) groups is 1. The van der Waals surface area contributed by atoms with Gasteiger partial charge in [-0.25, -0.2) is 9.78 Å². The number of nitrogens with zero attached hydrogens (tertiary/aromatic N) is 2. The molecule has 0 radical (unpaired) electrons. The highest BCUT2D eigenvalue weighted by Gasteiger charge is 2.43. The van der Waals surface area contributed by atoms with Crippen LogP contribution in [0.5, 0.6) is 0 Å². The number of amides is 2. The molecule has 2 rings (SSSR count). The van der Waals surface area contributed by atoms with Crippen molar-refractivity contribution in [2.75, 3.05) is 17.6 Å². The lowest BCUT2D eigenvalue weighted by molar-refractivity contribution is -0.141. The Balaban J connectivity index is 2.34. The van der Waals surface area contributed by atoms with Gasteiger partial charge in [0.05, 0.1) is 5.04 Å². The average Bonchev–Trinajstić information content (AvgIpc) is 2.96. The minimum atomic E-state index is -4.47. The minimum Gasteiger partial charge on any atom is -0.423 e. The quantitative estimate of drug-likeness (QED) is 0.578. The predicted molar refractivity (Wildman–Crippen MR) is 85.6 cm³/mol. The largest absolute Gasteiger partial charge is 0.490 e. The zero-order valence-electron chi connectivity index (χ0n) is 12.5. The number of thioether (sulfide) groups is 1. The van der Waals surface area contributed by atoms with Crippen LogP contribution in [0, 0.1) is 0 Å². The van der Waals surface area contributed by atoms with Gasteiger partial charge in [-0.3, -0.25) is 10.3 Å². The second kappa shape index (κ2) is 7.41. The van der Waals surface area contributed by atoms with Crippen LogP contribution in [0.3, 0.4) is 0 Å². The van der Waals surface area contributed by atoms with Gasteiger partial charge in [0.1, 0.15) is 5.82 Å². The number of rotatable bonds is 4. The first kappa shape index (κ1) is 18.6. The number of pyridine rings is 1. The van der Waals surface area contributed by atoms with Crippen LogP contribution in [0.4, 0.5) is 23.8 Å². The maximum atomic E-state index is 12.7. The van der Waals surface area contributed by atoms with Crippen molar-refractivity contribution < 1.29 is 28.0 Å². The fourth-order valence-corrected chi connectivity index (χ4v) is 3.05. The van der Waals surface area contributed by atoms with Gasteiger partial charge in [0.2, 0.25) is 0 Å². The maximum Gasteiger partial charge on any atom is 0.490 e. The summed E-state index contributed by atoms with van der Waals surface area (Å²) >= 11 is 0.852. The van der Waals surface area contributed by atoms with Gasteiger partial charge in [-0.2, -0.15) is 13.2 Å². The van der Waals surface area contributed by atoms with Gasteiger partial charge in [-0.1, -0.05) is 0 Å². The standard InChI is InChI=1S/C12H14BF3N4O3S/c1-2-17-11(21)20-9-3-6(7(4-18-9)13(22)23)10-19-8(5-24-10)12(14,15)16/h3-4,8,22-23H,2,5H2,1H3,(H2,17,18,20,21)/t8-/m0/s1. The Morgan fingerprint density at radius 3 is 2.75 bits per heavy atom. The summed E-state index contributed by atoms with van der Waals surface area (Å²) in [5, 5.41) is 23.6. The highest BCUT2D eigenvalue weighted by atomic mass is 32.2. The molecule has 1 atom stereocenters. The molecule has 0 saturated heterocycles. The smallest absolute Gasteiger partial charge is 0.423 e. The summed E-state index contributed by atoms with van der Waals surface area (Å²) in [6, 6.07) is -1.13. The van der Waals surface area contributed by atoms with E-state index in [-0.39, 0.29) is 27.6 Å². The molecule has 1 aliphatic heterocycles. The first-order valence-corrected chi connectivity index (χ1v) is 7.89. The van der Waals surface area contributed by atoms with Crippen molar-refractivity contribution in [1.29, 1.82) is 0 Å². The molecule has 0 saturated carbocycles. The van der Waals surface area contributed by atoms with Crippen LogP contribution in [-0.4, -0.2) is 57.7 Å². The van der Waals surface area contributed by atoms with Gasteiger partial charge in [-0.05, 0) is 13.0 Å². The fourth-order valence-electron chi connectivity index (χ4n) is 1.94. The van der Waals surface area contributed by atoms with Gasteiger partial charge in [0.15, 0.2) is 6.04 Å². The minimum absolute atomic E-state index is 0.0155. The van der Waals surface area contributed by atoms with Gasteiger partial charge in [0.25, 0.3) is 0 Å². The zero-order chi connectivity index (χ0) is 17.9. The van der Waals surface area contributed by atoms with E-state index in [0.717, 1.165) is 18.0 Å². The molecule has 2 amide bonds. The molecule has 24 heavy (non-hydrogen) atoms. The van der Waals surface area contributed by atoms with Crippen LogP contribution in [-0.2, 0) is 0 Å². The molecule has 1 aliphatic rings. The highest BCUT2D eigenvalue weighted by molar-refractivity contribution is 8.14. The Hall–Kier alpha value is -1.79. The van der Waals surface area contributed by atoms with Crippen molar-refractivity contribution in [3.8, 4) is 0 Å². The third-order valence-corrected chi connectivity index (χ3v) is 4.13. The van der Waals surface area contributed by atoms with Crippen LogP contribution < -0.4 is 16.1 Å². The van der Waals surface area contributed by atoms with Crippen LogP contribution in [0.25, 0.3) is 0 Å². The summed E-state index contributed by atoms with van der Waals surface area (Å²) in [6.07, 6.45) is -3.40. The predicted octanol–water partition coefficient (Wildman–Crippen LogP) is 0.327. The average molecular weight is 362 g/mol. The van der Waals surface area contributed by atoms with Crippen molar-refractivity contribution in [2.24, 2.45) is 4.99 Å². The maximum absolute atomic E-state index is 12.7. The molecule has 7 nitrogen and oxygen atoms in total. The molecule has 1 aromatic rings. The number of halogens is 3. The highest BCUT2D eigenvalue weighted by Crippen LogP contribution is 2.33. The van der Waals surface area contributed by atoms with Crippen LogP contribution >= 0.6 is 11.8 Å². The van der Waals surface area contributed by atoms with E-state index < -0.39 is 25.4 Å². The molecule has 0 aliphatic carbocycles. The third kappa shape index (κ3) is 4.39. The summed E-state index contributed by atoms with van der Waals surface area (Å²) in [5.74, 6) is -0.236. The lowest BCUT2D eigenvalue weighted by Crippen LogP contribution is -2.35. The van der Waals surface area contributed by atoms with Crippen molar-refractivity contribution in [3.63, 3.8) is 0 Å². The zero-order valence-corrected chi connectivity index (χ0v) is 13.3. The number of aromatic nitrogens is 1. The topological polar surface area (TPSA) is 107 Å². The second-order valence-corrected chi connectivity index (χ2v) is 5.83. The normalized spacial score (nSPS) is 17.4. The van der Waals surface area contributed by atoms with E-state index in [0.29, 0.717) is 6.54 Å². The molecular formula is C12H14BF3N4O3S.